The number of carbonyl (C=O) groups is 1. The Morgan fingerprint density at radius 3 is 2.20 bits per heavy atom. The van der Waals surface area contributed by atoms with Crippen molar-refractivity contribution < 1.29 is 14.3 Å². The summed E-state index contributed by atoms with van der Waals surface area (Å²) in [6.07, 6.45) is 6.23. The van der Waals surface area contributed by atoms with Crippen LogP contribution in [0.4, 0.5) is 0 Å². The second-order valence-corrected chi connectivity index (χ2v) is 4.27. The second kappa shape index (κ2) is 6.83. The van der Waals surface area contributed by atoms with Gasteiger partial charge in [-0.3, -0.25) is 4.79 Å². The third-order valence-corrected chi connectivity index (χ3v) is 2.78. The van der Waals surface area contributed by atoms with E-state index >= 15 is 0 Å². The molecule has 15 heavy (non-hydrogen) atoms. The van der Waals surface area contributed by atoms with Crippen LogP contribution >= 0.6 is 0 Å². The summed E-state index contributed by atoms with van der Waals surface area (Å²) in [7, 11) is 0. The van der Waals surface area contributed by atoms with Crippen molar-refractivity contribution in [2.75, 3.05) is 13.2 Å². The first kappa shape index (κ1) is 12.5. The van der Waals surface area contributed by atoms with E-state index < -0.39 is 0 Å². The average molecular weight is 214 g/mol. The summed E-state index contributed by atoms with van der Waals surface area (Å²) in [4.78, 5) is 10.4. The maximum absolute atomic E-state index is 10.4. The molecule has 88 valence electrons. The van der Waals surface area contributed by atoms with E-state index in [1.165, 1.54) is 26.2 Å². The van der Waals surface area contributed by atoms with Gasteiger partial charge < -0.3 is 9.47 Å². The Hall–Kier alpha value is -0.570. The molecule has 2 aliphatic rings. The monoisotopic (exact) mass is 214 g/mol. The van der Waals surface area contributed by atoms with Crippen LogP contribution in [0.2, 0.25) is 0 Å². The summed E-state index contributed by atoms with van der Waals surface area (Å²) in [5, 5.41) is 0. The van der Waals surface area contributed by atoms with Crippen molar-refractivity contribution >= 4 is 5.97 Å². The standard InChI is InChI=1S/C7H12O3.C5H10/c1-6(8)10-7-2-4-9-5-3-7;1-2-5-3-4-5/h7H,2-5H2,1H3;5H,2-4H2,1H3. The Morgan fingerprint density at radius 1 is 1.27 bits per heavy atom. The Morgan fingerprint density at radius 2 is 1.87 bits per heavy atom. The highest BCUT2D eigenvalue weighted by Crippen LogP contribution is 2.31. The number of esters is 1. The third-order valence-electron chi connectivity index (χ3n) is 2.78. The van der Waals surface area contributed by atoms with Crippen LogP contribution in [-0.4, -0.2) is 25.3 Å². The van der Waals surface area contributed by atoms with Crippen LogP contribution in [0.15, 0.2) is 0 Å². The van der Waals surface area contributed by atoms with Crippen molar-refractivity contribution in [2.45, 2.75) is 52.1 Å². The van der Waals surface area contributed by atoms with Crippen LogP contribution in [0.25, 0.3) is 0 Å². The first-order chi connectivity index (χ1) is 7.22. The van der Waals surface area contributed by atoms with E-state index in [2.05, 4.69) is 6.92 Å². The van der Waals surface area contributed by atoms with E-state index in [0.717, 1.165) is 32.0 Å². The van der Waals surface area contributed by atoms with Gasteiger partial charge in [-0.15, -0.1) is 0 Å². The molecule has 1 aliphatic heterocycles. The van der Waals surface area contributed by atoms with Crippen LogP contribution in [-0.2, 0) is 14.3 Å². The van der Waals surface area contributed by atoms with Crippen LogP contribution in [0.3, 0.4) is 0 Å². The summed E-state index contributed by atoms with van der Waals surface area (Å²) in [5.41, 5.74) is 0. The SMILES string of the molecule is CC(=O)OC1CCOCC1.CCC1CC1. The van der Waals surface area contributed by atoms with Crippen LogP contribution in [0, 0.1) is 5.92 Å². The van der Waals surface area contributed by atoms with Gasteiger partial charge in [0.15, 0.2) is 0 Å². The van der Waals surface area contributed by atoms with E-state index in [0.29, 0.717) is 0 Å². The molecule has 2 fully saturated rings. The molecular formula is C12H22O3. The zero-order chi connectivity index (χ0) is 11.1. The fourth-order valence-electron chi connectivity index (χ4n) is 1.55. The van der Waals surface area contributed by atoms with E-state index in [9.17, 15) is 4.79 Å². The van der Waals surface area contributed by atoms with Gasteiger partial charge in [-0.2, -0.15) is 0 Å². The summed E-state index contributed by atoms with van der Waals surface area (Å²) >= 11 is 0. The summed E-state index contributed by atoms with van der Waals surface area (Å²) < 4.78 is 10.1. The third kappa shape index (κ3) is 6.50. The summed E-state index contributed by atoms with van der Waals surface area (Å²) in [5.74, 6) is 0.946. The number of hydrogen-bond acceptors (Lipinski definition) is 3. The quantitative estimate of drug-likeness (QED) is 0.663. The van der Waals surface area contributed by atoms with E-state index in [1.807, 2.05) is 0 Å². The van der Waals surface area contributed by atoms with Gasteiger partial charge in [-0.25, -0.2) is 0 Å². The minimum atomic E-state index is -0.188. The lowest BCUT2D eigenvalue weighted by Crippen LogP contribution is -2.24. The lowest BCUT2D eigenvalue weighted by Gasteiger charge is -2.21. The largest absolute Gasteiger partial charge is 0.462 e. The number of carbonyl (C=O) groups excluding carboxylic acids is 1. The highest BCUT2D eigenvalue weighted by Gasteiger charge is 2.17. The molecule has 0 unspecified atom stereocenters. The van der Waals surface area contributed by atoms with Crippen LogP contribution < -0.4 is 0 Å². The normalized spacial score (nSPS) is 21.5. The van der Waals surface area contributed by atoms with Gasteiger partial charge in [0.05, 0.1) is 13.2 Å². The lowest BCUT2D eigenvalue weighted by molar-refractivity contribution is -0.150. The molecule has 0 aromatic rings. The first-order valence-corrected chi connectivity index (χ1v) is 5.97. The Balaban J connectivity index is 0.000000187. The smallest absolute Gasteiger partial charge is 0.302 e. The summed E-state index contributed by atoms with van der Waals surface area (Å²) in [6.45, 7) is 5.14. The minimum absolute atomic E-state index is 0.103. The first-order valence-electron chi connectivity index (χ1n) is 5.97. The molecule has 3 nitrogen and oxygen atoms in total. The van der Waals surface area contributed by atoms with Gasteiger partial charge in [-0.1, -0.05) is 26.2 Å². The second-order valence-electron chi connectivity index (χ2n) is 4.27. The van der Waals surface area contributed by atoms with Crippen molar-refractivity contribution in [3.63, 3.8) is 0 Å². The number of ether oxygens (including phenoxy) is 2. The molecule has 2 rings (SSSR count). The fourth-order valence-corrected chi connectivity index (χ4v) is 1.55. The fraction of sp³-hybridized carbons (Fsp3) is 0.917. The van der Waals surface area contributed by atoms with E-state index in [1.54, 1.807) is 0 Å². The lowest BCUT2D eigenvalue weighted by atomic mass is 10.2. The molecule has 0 atom stereocenters. The molecule has 0 bridgehead atoms. The molecule has 1 saturated heterocycles. The molecular weight excluding hydrogens is 192 g/mol. The Bertz CT molecular complexity index is 181. The molecule has 0 amide bonds. The molecule has 0 N–H and O–H groups in total. The molecule has 1 heterocycles. The van der Waals surface area contributed by atoms with Gasteiger partial charge in [0.25, 0.3) is 0 Å². The Kier molecular flexibility index (Phi) is 5.69. The van der Waals surface area contributed by atoms with E-state index in [-0.39, 0.29) is 12.1 Å². The van der Waals surface area contributed by atoms with E-state index in [4.69, 9.17) is 9.47 Å². The topological polar surface area (TPSA) is 35.5 Å². The molecule has 0 spiro atoms. The molecule has 1 saturated carbocycles. The van der Waals surface area contributed by atoms with Crippen LogP contribution in [0.1, 0.15) is 46.0 Å². The van der Waals surface area contributed by atoms with Crippen molar-refractivity contribution in [1.29, 1.82) is 0 Å². The highest BCUT2D eigenvalue weighted by molar-refractivity contribution is 5.66. The van der Waals surface area contributed by atoms with Crippen LogP contribution in [0.5, 0.6) is 0 Å². The van der Waals surface area contributed by atoms with Crippen molar-refractivity contribution in [3.05, 3.63) is 0 Å². The molecule has 0 radical (unpaired) electrons. The molecule has 3 heteroatoms. The maximum atomic E-state index is 10.4. The average Bonchev–Trinajstić information content (AvgIpc) is 3.02. The minimum Gasteiger partial charge on any atom is -0.462 e. The zero-order valence-electron chi connectivity index (χ0n) is 9.83. The van der Waals surface area contributed by atoms with Crippen molar-refractivity contribution in [1.82, 2.24) is 0 Å². The van der Waals surface area contributed by atoms with Gasteiger partial charge in [0.2, 0.25) is 0 Å². The maximum Gasteiger partial charge on any atom is 0.302 e. The van der Waals surface area contributed by atoms with Crippen molar-refractivity contribution in [2.24, 2.45) is 5.92 Å². The number of hydrogen-bond donors (Lipinski definition) is 0. The van der Waals surface area contributed by atoms with Crippen molar-refractivity contribution in [3.8, 4) is 0 Å². The van der Waals surface area contributed by atoms with Gasteiger partial charge in [0, 0.05) is 19.8 Å². The Labute approximate surface area is 92.1 Å². The molecule has 0 aromatic carbocycles. The molecule has 0 aromatic heterocycles. The van der Waals surface area contributed by atoms with Gasteiger partial charge in [-0.05, 0) is 5.92 Å². The highest BCUT2D eigenvalue weighted by atomic mass is 16.5. The summed E-state index contributed by atoms with van der Waals surface area (Å²) in [6, 6.07) is 0. The molecule has 1 aliphatic carbocycles. The predicted octanol–water partition coefficient (Wildman–Crippen LogP) is 2.53. The van der Waals surface area contributed by atoms with Gasteiger partial charge >= 0.3 is 5.97 Å². The predicted molar refractivity (Wildman–Crippen MR) is 58.6 cm³/mol. The van der Waals surface area contributed by atoms with Gasteiger partial charge in [0.1, 0.15) is 6.10 Å². The number of rotatable bonds is 2. The zero-order valence-corrected chi connectivity index (χ0v) is 9.83.